The van der Waals surface area contributed by atoms with Gasteiger partial charge in [-0.15, -0.1) is 0 Å². The number of rotatable bonds is 14. The van der Waals surface area contributed by atoms with Crippen LogP contribution in [0.4, 0.5) is 11.4 Å². The Labute approximate surface area is 293 Å². The molecule has 49 heavy (non-hydrogen) atoms. The Morgan fingerprint density at radius 2 is 1.41 bits per heavy atom. The molecule has 0 spiro atoms. The van der Waals surface area contributed by atoms with Crippen molar-refractivity contribution in [3.8, 4) is 11.1 Å². The molecule has 12 heteroatoms. The van der Waals surface area contributed by atoms with Crippen molar-refractivity contribution in [1.29, 1.82) is 0 Å². The van der Waals surface area contributed by atoms with Crippen LogP contribution in [0.25, 0.3) is 32.7 Å². The van der Waals surface area contributed by atoms with Gasteiger partial charge in [-0.2, -0.15) is 11.8 Å². The van der Waals surface area contributed by atoms with E-state index in [0.717, 1.165) is 64.2 Å². The van der Waals surface area contributed by atoms with Crippen molar-refractivity contribution < 1.29 is 26.5 Å². The SMILES string of the molecule is CO[Si](CSCCc1ccc(S(=O)(=O)Nc2ccc3ccccc3c2-c2c(NC(=O)[C@H]3CCCN3)ccc3ccccc23)cc1)(OC)OC. The highest BCUT2D eigenvalue weighted by atomic mass is 32.2. The maximum atomic E-state index is 14.0. The van der Waals surface area contributed by atoms with Gasteiger partial charge in [-0.3, -0.25) is 9.52 Å². The molecule has 5 aromatic carbocycles. The Morgan fingerprint density at radius 3 is 2.00 bits per heavy atom. The van der Waals surface area contributed by atoms with E-state index in [1.165, 1.54) is 0 Å². The Morgan fingerprint density at radius 1 is 0.816 bits per heavy atom. The van der Waals surface area contributed by atoms with Gasteiger partial charge in [0.05, 0.1) is 22.0 Å². The van der Waals surface area contributed by atoms with Gasteiger partial charge in [0.2, 0.25) is 5.91 Å². The maximum Gasteiger partial charge on any atom is 0.510 e. The van der Waals surface area contributed by atoms with Crippen molar-refractivity contribution in [2.75, 3.05) is 49.0 Å². The molecule has 0 aliphatic carbocycles. The third kappa shape index (κ3) is 7.70. The van der Waals surface area contributed by atoms with E-state index in [4.69, 9.17) is 13.3 Å². The average Bonchev–Trinajstić information content (AvgIpc) is 3.68. The van der Waals surface area contributed by atoms with E-state index >= 15 is 0 Å². The van der Waals surface area contributed by atoms with Gasteiger partial charge in [-0.05, 0) is 82.9 Å². The largest absolute Gasteiger partial charge is 0.510 e. The second-order valence-electron chi connectivity index (χ2n) is 11.9. The fourth-order valence-electron chi connectivity index (χ4n) is 6.25. The monoisotopic (exact) mass is 715 g/mol. The number of sulfonamides is 1. The number of carbonyl (C=O) groups excluding carboxylic acids is 1. The highest BCUT2D eigenvalue weighted by molar-refractivity contribution is 8.00. The molecule has 0 saturated carbocycles. The molecule has 1 atom stereocenters. The third-order valence-corrected chi connectivity index (χ3v) is 14.9. The van der Waals surface area contributed by atoms with Crippen LogP contribution >= 0.6 is 11.8 Å². The van der Waals surface area contributed by atoms with Gasteiger partial charge in [0, 0.05) is 38.1 Å². The summed E-state index contributed by atoms with van der Waals surface area (Å²) in [5.74, 6) is 0.698. The smallest absolute Gasteiger partial charge is 0.376 e. The third-order valence-electron chi connectivity index (χ3n) is 8.97. The van der Waals surface area contributed by atoms with Crippen LogP contribution in [0.2, 0.25) is 0 Å². The number of thioether (sulfide) groups is 1. The van der Waals surface area contributed by atoms with Crippen molar-refractivity contribution in [3.63, 3.8) is 0 Å². The van der Waals surface area contributed by atoms with Gasteiger partial charge in [-0.25, -0.2) is 8.42 Å². The van der Waals surface area contributed by atoms with Crippen LogP contribution < -0.4 is 15.4 Å². The molecule has 1 amide bonds. The first-order valence-corrected chi connectivity index (χ1v) is 20.8. The van der Waals surface area contributed by atoms with Gasteiger partial charge in [-0.1, -0.05) is 72.8 Å². The fourth-order valence-corrected chi connectivity index (χ4v) is 11.2. The highest BCUT2D eigenvalue weighted by Gasteiger charge is 2.37. The highest BCUT2D eigenvalue weighted by Crippen LogP contribution is 2.44. The average molecular weight is 716 g/mol. The lowest BCUT2D eigenvalue weighted by atomic mass is 9.91. The molecule has 1 fully saturated rings. The van der Waals surface area contributed by atoms with E-state index in [0.29, 0.717) is 22.3 Å². The Hall–Kier alpha value is -3.75. The first-order valence-electron chi connectivity index (χ1n) is 16.2. The predicted octanol–water partition coefficient (Wildman–Crippen LogP) is 6.84. The summed E-state index contributed by atoms with van der Waals surface area (Å²) >= 11 is 1.68. The van der Waals surface area contributed by atoms with E-state index in [-0.39, 0.29) is 16.8 Å². The molecule has 0 aromatic heterocycles. The first-order chi connectivity index (χ1) is 23.8. The summed E-state index contributed by atoms with van der Waals surface area (Å²) in [6.07, 6.45) is 2.46. The van der Waals surface area contributed by atoms with Gasteiger partial charge in [0.15, 0.2) is 0 Å². The number of amides is 1. The van der Waals surface area contributed by atoms with E-state index in [1.54, 1.807) is 51.3 Å². The summed E-state index contributed by atoms with van der Waals surface area (Å²) in [4.78, 5) is 13.5. The summed E-state index contributed by atoms with van der Waals surface area (Å²) in [6, 6.07) is 30.1. The standard InChI is InChI=1S/C37H41N3O6S2Si/c1-44-49(45-2,46-3)25-47-24-22-26-14-18-29(19-15-26)48(42,43)40-33-21-17-28-10-5-7-12-31(28)36(33)35-30-11-6-4-9-27(30)16-20-32(35)39-37(41)34-13-8-23-38-34/h4-7,9-12,14-21,34,38,40H,8,13,22-25H2,1-3H3,(H,39,41)/t34-/m1/s1. The molecule has 256 valence electrons. The summed E-state index contributed by atoms with van der Waals surface area (Å²) in [6.45, 7) is 0.803. The molecule has 1 heterocycles. The zero-order chi connectivity index (χ0) is 34.4. The molecule has 0 radical (unpaired) electrons. The van der Waals surface area contributed by atoms with Gasteiger partial charge >= 0.3 is 8.80 Å². The maximum absolute atomic E-state index is 14.0. The Bertz CT molecular complexity index is 2040. The Balaban J connectivity index is 1.33. The molecule has 6 rings (SSSR count). The number of fused-ring (bicyclic) bond motifs is 2. The number of aryl methyl sites for hydroxylation is 1. The van der Waals surface area contributed by atoms with Crippen LogP contribution in [0.15, 0.2) is 102 Å². The topological polar surface area (TPSA) is 115 Å². The minimum absolute atomic E-state index is 0.104. The number of benzene rings is 5. The first kappa shape index (κ1) is 35.1. The summed E-state index contributed by atoms with van der Waals surface area (Å²) < 4.78 is 47.3. The predicted molar refractivity (Wildman–Crippen MR) is 202 cm³/mol. The van der Waals surface area contributed by atoms with Crippen molar-refractivity contribution >= 4 is 69.4 Å². The normalized spacial score (nSPS) is 15.1. The molecule has 1 aliphatic heterocycles. The lowest BCUT2D eigenvalue weighted by Crippen LogP contribution is -2.46. The van der Waals surface area contributed by atoms with E-state index in [1.807, 2.05) is 78.9 Å². The molecular weight excluding hydrogens is 675 g/mol. The number of hydrogen-bond acceptors (Lipinski definition) is 8. The van der Waals surface area contributed by atoms with Crippen molar-refractivity contribution in [3.05, 3.63) is 103 Å². The van der Waals surface area contributed by atoms with E-state index in [9.17, 15) is 13.2 Å². The zero-order valence-corrected chi connectivity index (χ0v) is 30.5. The second-order valence-corrected chi connectivity index (χ2v) is 18.1. The lowest BCUT2D eigenvalue weighted by Gasteiger charge is -2.23. The summed E-state index contributed by atoms with van der Waals surface area (Å²) in [5.41, 5.74) is 3.52. The van der Waals surface area contributed by atoms with Crippen LogP contribution in [0.3, 0.4) is 0 Å². The fraction of sp³-hybridized carbons (Fsp3) is 0.270. The molecule has 1 aliphatic rings. The minimum atomic E-state index is -3.98. The van der Waals surface area contributed by atoms with Crippen LogP contribution in [-0.4, -0.2) is 68.2 Å². The van der Waals surface area contributed by atoms with Gasteiger partial charge in [0.1, 0.15) is 0 Å². The second kappa shape index (κ2) is 15.4. The number of anilines is 2. The zero-order valence-electron chi connectivity index (χ0n) is 27.8. The van der Waals surface area contributed by atoms with Gasteiger partial charge in [0.25, 0.3) is 10.0 Å². The summed E-state index contributed by atoms with van der Waals surface area (Å²) in [5, 5.41) is 10.8. The van der Waals surface area contributed by atoms with E-state index in [2.05, 4.69) is 15.4 Å². The number of nitrogens with one attached hydrogen (secondary N) is 3. The number of carbonyl (C=O) groups is 1. The van der Waals surface area contributed by atoms with Crippen molar-refractivity contribution in [2.45, 2.75) is 30.2 Å². The molecule has 5 aromatic rings. The van der Waals surface area contributed by atoms with Gasteiger partial charge < -0.3 is 23.9 Å². The van der Waals surface area contributed by atoms with Crippen LogP contribution in [0.5, 0.6) is 0 Å². The quantitative estimate of drug-likeness (QED) is 0.0846. The minimum Gasteiger partial charge on any atom is -0.376 e. The van der Waals surface area contributed by atoms with Crippen LogP contribution in [0, 0.1) is 0 Å². The van der Waals surface area contributed by atoms with Crippen LogP contribution in [-0.2, 0) is 34.5 Å². The van der Waals surface area contributed by atoms with Crippen molar-refractivity contribution in [1.82, 2.24) is 5.32 Å². The molecule has 1 saturated heterocycles. The molecule has 0 bridgehead atoms. The Kier molecular flexibility index (Phi) is 11.0. The van der Waals surface area contributed by atoms with E-state index < -0.39 is 18.8 Å². The van der Waals surface area contributed by atoms with Crippen molar-refractivity contribution in [2.24, 2.45) is 0 Å². The molecule has 0 unspecified atom stereocenters. The molecule has 3 N–H and O–H groups in total. The molecular formula is C37H41N3O6S2Si. The number of hydrogen-bond donors (Lipinski definition) is 3. The van der Waals surface area contributed by atoms with Crippen LogP contribution in [0.1, 0.15) is 18.4 Å². The molecule has 9 nitrogen and oxygen atoms in total. The summed E-state index contributed by atoms with van der Waals surface area (Å²) in [7, 11) is -1.84. The lowest BCUT2D eigenvalue weighted by molar-refractivity contribution is -0.117.